The maximum absolute atomic E-state index is 12.5. The molecule has 5 heteroatoms. The van der Waals surface area contributed by atoms with Crippen LogP contribution in [0.25, 0.3) is 0 Å². The van der Waals surface area contributed by atoms with Gasteiger partial charge < -0.3 is 5.11 Å². The van der Waals surface area contributed by atoms with E-state index < -0.39 is 18.3 Å². The van der Waals surface area contributed by atoms with Crippen LogP contribution in [0.15, 0.2) is 0 Å². The molecule has 0 aliphatic heterocycles. The lowest BCUT2D eigenvalue weighted by Gasteiger charge is -2.22. The van der Waals surface area contributed by atoms with E-state index in [1.165, 1.54) is 0 Å². The number of hydrogen-bond acceptors (Lipinski definition) is 1. The zero-order chi connectivity index (χ0) is 10.5. The van der Waals surface area contributed by atoms with Crippen LogP contribution in [0.4, 0.5) is 17.6 Å². The average molecular weight is 202 g/mol. The molecule has 0 aliphatic carbocycles. The van der Waals surface area contributed by atoms with E-state index in [1.807, 2.05) is 0 Å². The topological polar surface area (TPSA) is 20.2 Å². The summed E-state index contributed by atoms with van der Waals surface area (Å²) in [5.74, 6) is -7.88. The molecule has 0 saturated heterocycles. The summed E-state index contributed by atoms with van der Waals surface area (Å²) in [7, 11) is 0. The predicted molar refractivity (Wildman–Crippen MR) is 41.1 cm³/mol. The highest BCUT2D eigenvalue weighted by molar-refractivity contribution is 4.79. The minimum Gasteiger partial charge on any atom is -0.396 e. The lowest BCUT2D eigenvalue weighted by Crippen LogP contribution is -2.37. The largest absolute Gasteiger partial charge is 0.396 e. The molecule has 0 atom stereocenters. The maximum atomic E-state index is 12.5. The third-order valence-corrected chi connectivity index (χ3v) is 1.79. The Hall–Kier alpha value is -0.320. The van der Waals surface area contributed by atoms with Crippen molar-refractivity contribution in [1.29, 1.82) is 0 Å². The Bertz CT molecular complexity index is 142. The minimum atomic E-state index is -3.95. The molecule has 0 radical (unpaired) electrons. The van der Waals surface area contributed by atoms with Crippen molar-refractivity contribution in [2.75, 3.05) is 6.61 Å². The fourth-order valence-corrected chi connectivity index (χ4v) is 0.855. The van der Waals surface area contributed by atoms with E-state index in [9.17, 15) is 17.6 Å². The molecule has 80 valence electrons. The summed E-state index contributed by atoms with van der Waals surface area (Å²) in [6.07, 6.45) is -0.0823. The van der Waals surface area contributed by atoms with E-state index in [4.69, 9.17) is 5.11 Å². The Kier molecular flexibility index (Phi) is 4.67. The van der Waals surface area contributed by atoms with Crippen LogP contribution in [0.3, 0.4) is 0 Å². The van der Waals surface area contributed by atoms with Gasteiger partial charge in [0.15, 0.2) is 0 Å². The summed E-state index contributed by atoms with van der Waals surface area (Å²) in [4.78, 5) is 0. The first-order chi connectivity index (χ1) is 5.81. The smallest absolute Gasteiger partial charge is 0.309 e. The van der Waals surface area contributed by atoms with Gasteiger partial charge in [-0.1, -0.05) is 6.42 Å². The first-order valence-corrected chi connectivity index (χ1v) is 4.18. The molecule has 0 aromatic carbocycles. The molecule has 1 N–H and O–H groups in total. The third kappa shape index (κ3) is 4.45. The summed E-state index contributed by atoms with van der Waals surface area (Å²) in [6.45, 7) is 0.132. The summed E-state index contributed by atoms with van der Waals surface area (Å²) in [6, 6.07) is 0. The van der Waals surface area contributed by atoms with Crippen molar-refractivity contribution in [3.8, 4) is 0 Å². The van der Waals surface area contributed by atoms with Crippen molar-refractivity contribution in [3.63, 3.8) is 0 Å². The van der Waals surface area contributed by atoms with Gasteiger partial charge in [0, 0.05) is 20.0 Å². The van der Waals surface area contributed by atoms with E-state index in [-0.39, 0.29) is 20.0 Å². The number of alkyl halides is 4. The van der Waals surface area contributed by atoms with Crippen LogP contribution in [0.2, 0.25) is 0 Å². The van der Waals surface area contributed by atoms with Gasteiger partial charge in [-0.25, -0.2) is 8.78 Å². The summed E-state index contributed by atoms with van der Waals surface area (Å²) in [5, 5.41) is 8.32. The lowest BCUT2D eigenvalue weighted by molar-refractivity contribution is -0.201. The van der Waals surface area contributed by atoms with Crippen LogP contribution in [-0.4, -0.2) is 23.6 Å². The van der Waals surface area contributed by atoms with Gasteiger partial charge in [-0.3, -0.25) is 0 Å². The molecule has 0 rings (SSSR count). The fraction of sp³-hybridized carbons (Fsp3) is 1.00. The predicted octanol–water partition coefficient (Wildman–Crippen LogP) is 2.83. The van der Waals surface area contributed by atoms with Crippen molar-refractivity contribution in [3.05, 3.63) is 0 Å². The van der Waals surface area contributed by atoms with Gasteiger partial charge >= 0.3 is 11.8 Å². The van der Waals surface area contributed by atoms with E-state index in [0.29, 0.717) is 12.8 Å². The van der Waals surface area contributed by atoms with Crippen molar-refractivity contribution in [2.45, 2.75) is 44.5 Å². The second kappa shape index (κ2) is 4.79. The van der Waals surface area contributed by atoms with Crippen molar-refractivity contribution < 1.29 is 22.7 Å². The van der Waals surface area contributed by atoms with Crippen LogP contribution in [0, 0.1) is 0 Å². The average Bonchev–Trinajstić information content (AvgIpc) is 1.96. The lowest BCUT2D eigenvalue weighted by atomic mass is 10.1. The number of unbranched alkanes of at least 4 members (excludes halogenated alkanes) is 2. The summed E-state index contributed by atoms with van der Waals surface area (Å²) >= 11 is 0. The number of aliphatic hydroxyl groups is 1. The molecule has 0 aromatic heterocycles. The normalized spacial score (nSPS) is 13.4. The molecule has 0 fully saturated rings. The molecular weight excluding hydrogens is 188 g/mol. The van der Waals surface area contributed by atoms with Crippen LogP contribution in [0.5, 0.6) is 0 Å². The number of halogens is 4. The van der Waals surface area contributed by atoms with Crippen molar-refractivity contribution in [2.24, 2.45) is 0 Å². The van der Waals surface area contributed by atoms with E-state index >= 15 is 0 Å². The molecule has 0 aromatic rings. The Labute approximate surface area is 74.8 Å². The van der Waals surface area contributed by atoms with Crippen LogP contribution >= 0.6 is 0 Å². The molecule has 13 heavy (non-hydrogen) atoms. The third-order valence-electron chi connectivity index (χ3n) is 1.79. The van der Waals surface area contributed by atoms with Gasteiger partial charge in [0.2, 0.25) is 0 Å². The van der Waals surface area contributed by atoms with Crippen molar-refractivity contribution >= 4 is 0 Å². The number of aliphatic hydroxyl groups excluding tert-OH is 1. The Morgan fingerprint density at radius 2 is 1.54 bits per heavy atom. The van der Waals surface area contributed by atoms with Gasteiger partial charge in [-0.05, 0) is 12.8 Å². The second-order valence-electron chi connectivity index (χ2n) is 3.13. The fourth-order valence-electron chi connectivity index (χ4n) is 0.855. The van der Waals surface area contributed by atoms with Gasteiger partial charge in [0.25, 0.3) is 0 Å². The molecule has 0 bridgehead atoms. The van der Waals surface area contributed by atoms with Gasteiger partial charge in [-0.15, -0.1) is 0 Å². The highest BCUT2D eigenvalue weighted by Crippen LogP contribution is 2.37. The van der Waals surface area contributed by atoms with E-state index in [2.05, 4.69) is 0 Å². The molecule has 0 saturated carbocycles. The van der Waals surface area contributed by atoms with Crippen LogP contribution in [0.1, 0.15) is 32.6 Å². The highest BCUT2D eigenvalue weighted by atomic mass is 19.3. The molecule has 0 aliphatic rings. The number of hydrogen-bond donors (Lipinski definition) is 1. The standard InChI is InChI=1S/C8H14F4O/c1-7(9,10)8(11,12)5-3-2-4-6-13/h13H,2-6H2,1H3. The van der Waals surface area contributed by atoms with E-state index in [1.54, 1.807) is 0 Å². The SMILES string of the molecule is CC(F)(F)C(F)(F)CCCCCO. The Morgan fingerprint density at radius 3 is 1.92 bits per heavy atom. The zero-order valence-corrected chi connectivity index (χ0v) is 7.49. The maximum Gasteiger partial charge on any atom is 0.309 e. The summed E-state index contributed by atoms with van der Waals surface area (Å²) in [5.41, 5.74) is 0. The number of rotatable bonds is 6. The monoisotopic (exact) mass is 202 g/mol. The molecule has 0 heterocycles. The molecule has 1 nitrogen and oxygen atoms in total. The second-order valence-corrected chi connectivity index (χ2v) is 3.13. The molecule has 0 spiro atoms. The molecular formula is C8H14F4O. The zero-order valence-electron chi connectivity index (χ0n) is 7.49. The van der Waals surface area contributed by atoms with Crippen LogP contribution < -0.4 is 0 Å². The first-order valence-electron chi connectivity index (χ1n) is 4.18. The first kappa shape index (κ1) is 12.7. The Balaban J connectivity index is 3.77. The molecule has 0 amide bonds. The van der Waals surface area contributed by atoms with Gasteiger partial charge in [0.05, 0.1) is 0 Å². The van der Waals surface area contributed by atoms with Crippen LogP contribution in [-0.2, 0) is 0 Å². The van der Waals surface area contributed by atoms with Gasteiger partial charge in [-0.2, -0.15) is 8.78 Å². The summed E-state index contributed by atoms with van der Waals surface area (Å²) < 4.78 is 49.5. The van der Waals surface area contributed by atoms with Crippen molar-refractivity contribution in [1.82, 2.24) is 0 Å². The molecule has 0 unspecified atom stereocenters. The Morgan fingerprint density at radius 1 is 1.00 bits per heavy atom. The highest BCUT2D eigenvalue weighted by Gasteiger charge is 2.51. The minimum absolute atomic E-state index is 0.0109. The van der Waals surface area contributed by atoms with E-state index in [0.717, 1.165) is 0 Å². The quantitative estimate of drug-likeness (QED) is 0.518. The van der Waals surface area contributed by atoms with Gasteiger partial charge in [0.1, 0.15) is 0 Å².